The van der Waals surface area contributed by atoms with E-state index in [0.29, 0.717) is 0 Å². The summed E-state index contributed by atoms with van der Waals surface area (Å²) < 4.78 is 7.53. The van der Waals surface area contributed by atoms with E-state index >= 15 is 0 Å². The monoisotopic (exact) mass is 300 g/mol. The van der Waals surface area contributed by atoms with Crippen LogP contribution in [0.25, 0.3) is 16.9 Å². The maximum Gasteiger partial charge on any atom is 0.137 e. The standard InChI is InChI=1S/C17H17ClN2O/c1-11-8-9-15-19-16(17(12(2)18)20(15)10-11)13-6-4-5-7-14(13)21-3/h4-10,12H,1-3H3. The average Bonchev–Trinajstić information content (AvgIpc) is 2.85. The Morgan fingerprint density at radius 2 is 1.95 bits per heavy atom. The number of hydrogen-bond acceptors (Lipinski definition) is 2. The van der Waals surface area contributed by atoms with Crippen LogP contribution < -0.4 is 4.74 Å². The highest BCUT2D eigenvalue weighted by Gasteiger charge is 2.20. The molecule has 0 amide bonds. The number of pyridine rings is 1. The summed E-state index contributed by atoms with van der Waals surface area (Å²) in [6, 6.07) is 11.9. The minimum Gasteiger partial charge on any atom is -0.496 e. The molecule has 0 saturated carbocycles. The van der Waals surface area contributed by atoms with E-state index in [1.807, 2.05) is 37.3 Å². The lowest BCUT2D eigenvalue weighted by atomic mass is 10.1. The van der Waals surface area contributed by atoms with Crippen LogP contribution >= 0.6 is 11.6 Å². The molecule has 0 spiro atoms. The quantitative estimate of drug-likeness (QED) is 0.660. The van der Waals surface area contributed by atoms with Crippen LogP contribution in [0.5, 0.6) is 5.75 Å². The van der Waals surface area contributed by atoms with E-state index in [4.69, 9.17) is 21.3 Å². The van der Waals surface area contributed by atoms with Gasteiger partial charge in [0.05, 0.1) is 23.9 Å². The fraction of sp³-hybridized carbons (Fsp3) is 0.235. The van der Waals surface area contributed by atoms with E-state index in [9.17, 15) is 0 Å². The summed E-state index contributed by atoms with van der Waals surface area (Å²) in [4.78, 5) is 4.75. The number of benzene rings is 1. The highest BCUT2D eigenvalue weighted by molar-refractivity contribution is 6.20. The molecule has 0 fully saturated rings. The second-order valence-corrected chi connectivity index (χ2v) is 5.75. The molecule has 4 heteroatoms. The number of para-hydroxylation sites is 1. The number of halogens is 1. The Hall–Kier alpha value is -2.00. The number of nitrogens with zero attached hydrogens (tertiary/aromatic N) is 2. The van der Waals surface area contributed by atoms with Gasteiger partial charge in [-0.3, -0.25) is 0 Å². The number of alkyl halides is 1. The largest absolute Gasteiger partial charge is 0.496 e. The van der Waals surface area contributed by atoms with E-state index in [0.717, 1.165) is 28.3 Å². The summed E-state index contributed by atoms with van der Waals surface area (Å²) in [6.45, 7) is 4.02. The summed E-state index contributed by atoms with van der Waals surface area (Å²) in [5, 5.41) is -0.151. The summed E-state index contributed by atoms with van der Waals surface area (Å²) in [7, 11) is 1.67. The average molecular weight is 301 g/mol. The fourth-order valence-electron chi connectivity index (χ4n) is 2.59. The molecule has 1 aromatic carbocycles. The summed E-state index contributed by atoms with van der Waals surface area (Å²) in [5.74, 6) is 0.802. The summed E-state index contributed by atoms with van der Waals surface area (Å²) >= 11 is 6.42. The van der Waals surface area contributed by atoms with Crippen LogP contribution in [0.1, 0.15) is 23.6 Å². The van der Waals surface area contributed by atoms with Gasteiger partial charge in [-0.25, -0.2) is 4.98 Å². The number of aromatic nitrogens is 2. The Labute approximate surface area is 129 Å². The first-order valence-electron chi connectivity index (χ1n) is 6.88. The van der Waals surface area contributed by atoms with Crippen LogP contribution in [0, 0.1) is 6.92 Å². The SMILES string of the molecule is COc1ccccc1-c1nc2ccc(C)cn2c1C(C)Cl. The zero-order valence-electron chi connectivity index (χ0n) is 12.3. The van der Waals surface area contributed by atoms with Crippen LogP contribution in [0.4, 0.5) is 0 Å². The molecule has 0 bridgehead atoms. The van der Waals surface area contributed by atoms with Gasteiger partial charge in [0.1, 0.15) is 11.4 Å². The molecule has 0 aliphatic rings. The lowest BCUT2D eigenvalue weighted by Crippen LogP contribution is -1.97. The van der Waals surface area contributed by atoms with Crippen LogP contribution in [0.15, 0.2) is 42.6 Å². The predicted octanol–water partition coefficient (Wildman–Crippen LogP) is 4.62. The van der Waals surface area contributed by atoms with Crippen molar-refractivity contribution < 1.29 is 4.74 Å². The van der Waals surface area contributed by atoms with Crippen molar-refractivity contribution in [2.75, 3.05) is 7.11 Å². The van der Waals surface area contributed by atoms with E-state index < -0.39 is 0 Å². The fourth-order valence-corrected chi connectivity index (χ4v) is 2.80. The maximum atomic E-state index is 6.42. The van der Waals surface area contributed by atoms with Gasteiger partial charge in [0.2, 0.25) is 0 Å². The molecule has 0 N–H and O–H groups in total. The van der Waals surface area contributed by atoms with E-state index in [-0.39, 0.29) is 5.38 Å². The van der Waals surface area contributed by atoms with Crippen molar-refractivity contribution in [2.45, 2.75) is 19.2 Å². The van der Waals surface area contributed by atoms with Gasteiger partial charge in [-0.2, -0.15) is 0 Å². The van der Waals surface area contributed by atoms with Crippen molar-refractivity contribution in [3.63, 3.8) is 0 Å². The number of ether oxygens (including phenoxy) is 1. The lowest BCUT2D eigenvalue weighted by Gasteiger charge is -2.10. The first kappa shape index (κ1) is 14.0. The van der Waals surface area contributed by atoms with Crippen LogP contribution in [-0.4, -0.2) is 16.5 Å². The second-order valence-electron chi connectivity index (χ2n) is 5.10. The van der Waals surface area contributed by atoms with Crippen LogP contribution in [-0.2, 0) is 0 Å². The Kier molecular flexibility index (Phi) is 3.60. The first-order chi connectivity index (χ1) is 10.1. The lowest BCUT2D eigenvalue weighted by molar-refractivity contribution is 0.416. The highest BCUT2D eigenvalue weighted by Crippen LogP contribution is 2.36. The van der Waals surface area contributed by atoms with Crippen LogP contribution in [0.3, 0.4) is 0 Å². The molecule has 2 aromatic heterocycles. The molecule has 0 radical (unpaired) electrons. The molecular weight excluding hydrogens is 284 g/mol. The molecule has 21 heavy (non-hydrogen) atoms. The highest BCUT2D eigenvalue weighted by atomic mass is 35.5. The van der Waals surface area contributed by atoms with Crippen molar-refractivity contribution in [3.05, 3.63) is 53.9 Å². The van der Waals surface area contributed by atoms with Crippen molar-refractivity contribution >= 4 is 17.2 Å². The molecule has 1 unspecified atom stereocenters. The molecule has 1 atom stereocenters. The van der Waals surface area contributed by atoms with Gasteiger partial charge >= 0.3 is 0 Å². The number of methoxy groups -OCH3 is 1. The zero-order chi connectivity index (χ0) is 15.0. The second kappa shape index (κ2) is 5.41. The van der Waals surface area contributed by atoms with Gasteiger partial charge in [0, 0.05) is 11.8 Å². The number of hydrogen-bond donors (Lipinski definition) is 0. The number of imidazole rings is 1. The zero-order valence-corrected chi connectivity index (χ0v) is 13.1. The van der Waals surface area contributed by atoms with Gasteiger partial charge in [-0.15, -0.1) is 11.6 Å². The molecule has 3 nitrogen and oxygen atoms in total. The minimum atomic E-state index is -0.151. The van der Waals surface area contributed by atoms with E-state index in [2.05, 4.69) is 23.6 Å². The number of rotatable bonds is 3. The molecule has 108 valence electrons. The van der Waals surface area contributed by atoms with E-state index in [1.165, 1.54) is 5.56 Å². The van der Waals surface area contributed by atoms with Crippen molar-refractivity contribution in [1.29, 1.82) is 0 Å². The minimum absolute atomic E-state index is 0.151. The molecule has 3 rings (SSSR count). The molecule has 0 aliphatic heterocycles. The van der Waals surface area contributed by atoms with Gasteiger partial charge in [-0.1, -0.05) is 18.2 Å². The van der Waals surface area contributed by atoms with Crippen molar-refractivity contribution in [2.24, 2.45) is 0 Å². The molecule has 0 aliphatic carbocycles. The molecule has 0 saturated heterocycles. The Bertz CT molecular complexity index is 793. The predicted molar refractivity (Wildman–Crippen MR) is 86.2 cm³/mol. The van der Waals surface area contributed by atoms with Gasteiger partial charge in [-0.05, 0) is 37.6 Å². The maximum absolute atomic E-state index is 6.42. The van der Waals surface area contributed by atoms with Gasteiger partial charge in [0.25, 0.3) is 0 Å². The van der Waals surface area contributed by atoms with Crippen LogP contribution in [0.2, 0.25) is 0 Å². The molecular formula is C17H17ClN2O. The van der Waals surface area contributed by atoms with E-state index in [1.54, 1.807) is 7.11 Å². The Morgan fingerprint density at radius 1 is 1.19 bits per heavy atom. The topological polar surface area (TPSA) is 26.5 Å². The van der Waals surface area contributed by atoms with Gasteiger partial charge in [0.15, 0.2) is 0 Å². The molecule has 2 heterocycles. The smallest absolute Gasteiger partial charge is 0.137 e. The Balaban J connectivity index is 2.34. The third kappa shape index (κ3) is 2.38. The number of aryl methyl sites for hydroxylation is 1. The van der Waals surface area contributed by atoms with Gasteiger partial charge < -0.3 is 9.14 Å². The Morgan fingerprint density at radius 3 is 2.67 bits per heavy atom. The third-order valence-electron chi connectivity index (χ3n) is 3.54. The summed E-state index contributed by atoms with van der Waals surface area (Å²) in [5.41, 5.74) is 4.89. The summed E-state index contributed by atoms with van der Waals surface area (Å²) in [6.07, 6.45) is 2.06. The van der Waals surface area contributed by atoms with Crippen molar-refractivity contribution in [1.82, 2.24) is 9.38 Å². The normalized spacial score (nSPS) is 12.6. The van der Waals surface area contributed by atoms with Crippen molar-refractivity contribution in [3.8, 4) is 17.0 Å². The molecule has 3 aromatic rings. The number of fused-ring (bicyclic) bond motifs is 1. The third-order valence-corrected chi connectivity index (χ3v) is 3.75. The first-order valence-corrected chi connectivity index (χ1v) is 7.31.